The highest BCUT2D eigenvalue weighted by atomic mass is 16.5. The fraction of sp³-hybridized carbons (Fsp3) is 0.696. The number of rotatable bonds is 12. The van der Waals surface area contributed by atoms with Crippen molar-refractivity contribution in [2.45, 2.75) is 92.2 Å². The smallest absolute Gasteiger partial charge is 0.355 e. The van der Waals surface area contributed by atoms with Crippen LogP contribution in [0.4, 0.5) is 0 Å². The van der Waals surface area contributed by atoms with E-state index in [1.807, 2.05) is 18.4 Å². The Morgan fingerprint density at radius 2 is 1.76 bits per heavy atom. The van der Waals surface area contributed by atoms with Gasteiger partial charge in [-0.1, -0.05) is 26.2 Å². The molecule has 0 atom stereocenters. The minimum atomic E-state index is -0.403. The van der Waals surface area contributed by atoms with Gasteiger partial charge in [-0.15, -0.1) is 0 Å². The van der Waals surface area contributed by atoms with Crippen molar-refractivity contribution in [3.63, 3.8) is 0 Å². The normalized spacial score (nSPS) is 13.4. The molecule has 0 aliphatic heterocycles. The van der Waals surface area contributed by atoms with Crippen LogP contribution < -0.4 is 0 Å². The Kier molecular flexibility index (Phi) is 8.47. The molecule has 0 N–H and O–H groups in total. The van der Waals surface area contributed by atoms with E-state index in [0.29, 0.717) is 29.8 Å². The number of nitrogens with zero attached hydrogens (tertiary/aromatic N) is 2. The summed E-state index contributed by atoms with van der Waals surface area (Å²) in [6, 6.07) is 0.191. The van der Waals surface area contributed by atoms with Crippen molar-refractivity contribution in [3.05, 3.63) is 22.5 Å². The summed E-state index contributed by atoms with van der Waals surface area (Å²) in [7, 11) is 0. The van der Waals surface area contributed by atoms with Crippen LogP contribution >= 0.6 is 0 Å². The highest BCUT2D eigenvalue weighted by Crippen LogP contribution is 2.30. The minimum absolute atomic E-state index is 0.0767. The predicted octanol–water partition coefficient (Wildman–Crippen LogP) is 4.45. The van der Waals surface area contributed by atoms with Crippen molar-refractivity contribution < 1.29 is 19.1 Å². The molecule has 0 saturated heterocycles. The Morgan fingerprint density at radius 3 is 2.31 bits per heavy atom. The van der Waals surface area contributed by atoms with Crippen molar-refractivity contribution in [2.24, 2.45) is 0 Å². The van der Waals surface area contributed by atoms with Gasteiger partial charge in [0.1, 0.15) is 5.69 Å². The van der Waals surface area contributed by atoms with Gasteiger partial charge in [0.25, 0.3) is 0 Å². The summed E-state index contributed by atoms with van der Waals surface area (Å²) in [5, 5.41) is 0. The highest BCUT2D eigenvalue weighted by Gasteiger charge is 2.35. The molecule has 1 aliphatic carbocycles. The highest BCUT2D eigenvalue weighted by molar-refractivity contribution is 6.04. The van der Waals surface area contributed by atoms with Crippen molar-refractivity contribution in [1.82, 2.24) is 9.47 Å². The van der Waals surface area contributed by atoms with Crippen LogP contribution in [0, 0.1) is 13.8 Å². The quantitative estimate of drug-likeness (QED) is 0.293. The lowest BCUT2D eigenvalue weighted by atomic mass is 10.0. The van der Waals surface area contributed by atoms with E-state index < -0.39 is 5.97 Å². The summed E-state index contributed by atoms with van der Waals surface area (Å²) in [5.41, 5.74) is 2.42. The monoisotopic (exact) mass is 404 g/mol. The van der Waals surface area contributed by atoms with Gasteiger partial charge in [0, 0.05) is 30.3 Å². The number of unbranched alkanes of at least 4 members (excludes halogenated alkanes) is 3. The van der Waals surface area contributed by atoms with E-state index in [1.165, 1.54) is 0 Å². The molecule has 6 heteroatoms. The zero-order valence-corrected chi connectivity index (χ0v) is 18.7. The van der Waals surface area contributed by atoms with E-state index in [-0.39, 0.29) is 30.9 Å². The van der Waals surface area contributed by atoms with Crippen LogP contribution in [-0.4, -0.2) is 46.3 Å². The van der Waals surface area contributed by atoms with Crippen LogP contribution in [-0.2, 0) is 16.1 Å². The summed E-state index contributed by atoms with van der Waals surface area (Å²) >= 11 is 0. The zero-order chi connectivity index (χ0) is 21.6. The third-order valence-electron chi connectivity index (χ3n) is 5.70. The number of aromatic nitrogens is 1. The average molecular weight is 405 g/mol. The van der Waals surface area contributed by atoms with Gasteiger partial charge in [-0.25, -0.2) is 4.79 Å². The number of amides is 1. The largest absolute Gasteiger partial charge is 0.461 e. The number of Topliss-reactive ketones (excluding diaryl/α,β-unsaturated/α-hetero) is 1. The van der Waals surface area contributed by atoms with Crippen molar-refractivity contribution in [2.75, 3.05) is 13.2 Å². The molecule has 1 saturated carbocycles. The lowest BCUT2D eigenvalue weighted by Crippen LogP contribution is -2.37. The van der Waals surface area contributed by atoms with Crippen LogP contribution in [0.3, 0.4) is 0 Å². The fourth-order valence-electron chi connectivity index (χ4n) is 4.05. The topological polar surface area (TPSA) is 68.6 Å². The molecule has 0 bridgehead atoms. The van der Waals surface area contributed by atoms with Gasteiger partial charge in [-0.05, 0) is 52.5 Å². The lowest BCUT2D eigenvalue weighted by molar-refractivity contribution is -0.131. The summed E-state index contributed by atoms with van der Waals surface area (Å²) in [6.45, 7) is 10.5. The van der Waals surface area contributed by atoms with E-state index in [2.05, 4.69) is 6.92 Å². The number of hydrogen-bond donors (Lipinski definition) is 0. The molecule has 1 amide bonds. The van der Waals surface area contributed by atoms with Gasteiger partial charge in [0.2, 0.25) is 5.91 Å². The molecule has 1 aromatic rings. The van der Waals surface area contributed by atoms with Gasteiger partial charge >= 0.3 is 5.97 Å². The maximum atomic E-state index is 13.2. The first kappa shape index (κ1) is 23.2. The molecule has 1 heterocycles. The second-order valence-electron chi connectivity index (χ2n) is 7.89. The molecule has 29 heavy (non-hydrogen) atoms. The molecule has 2 rings (SSSR count). The van der Waals surface area contributed by atoms with Crippen LogP contribution in [0.1, 0.15) is 97.8 Å². The molecular formula is C23H36N2O4. The van der Waals surface area contributed by atoms with Gasteiger partial charge in [-0.3, -0.25) is 9.59 Å². The predicted molar refractivity (Wildman–Crippen MR) is 113 cm³/mol. The van der Waals surface area contributed by atoms with E-state index >= 15 is 0 Å². The van der Waals surface area contributed by atoms with E-state index in [9.17, 15) is 14.4 Å². The second kappa shape index (κ2) is 10.6. The van der Waals surface area contributed by atoms with Gasteiger partial charge in [-0.2, -0.15) is 0 Å². The molecule has 162 valence electrons. The lowest BCUT2D eigenvalue weighted by Gasteiger charge is -2.22. The second-order valence-corrected chi connectivity index (χ2v) is 7.89. The number of ketones is 1. The Morgan fingerprint density at radius 1 is 1.07 bits per heavy atom. The Bertz CT molecular complexity index is 747. The SMILES string of the molecule is CCCCCCC(=O)N(CC(=O)c1c(C)c(C(=O)OCC)n(CC)c1C)C1CC1. The fourth-order valence-corrected chi connectivity index (χ4v) is 4.05. The first-order chi connectivity index (χ1) is 13.9. The minimum Gasteiger partial charge on any atom is -0.461 e. The standard InChI is InChI=1S/C23H36N2O4/c1-6-9-10-11-12-20(27)25(18-13-14-18)15-19(26)21-16(4)22(23(28)29-8-3)24(7-2)17(21)5/h18H,6-15H2,1-5H3. The molecule has 1 aliphatic rings. The van der Waals surface area contributed by atoms with Crippen molar-refractivity contribution in [3.8, 4) is 0 Å². The first-order valence-electron chi connectivity index (χ1n) is 11.1. The summed E-state index contributed by atoms with van der Waals surface area (Å²) < 4.78 is 7.04. The van der Waals surface area contributed by atoms with Crippen LogP contribution in [0.15, 0.2) is 0 Å². The molecule has 0 radical (unpaired) electrons. The number of carbonyl (C=O) groups is 3. The Labute approximate surface area is 174 Å². The van der Waals surface area contributed by atoms with Gasteiger partial charge < -0.3 is 14.2 Å². The van der Waals surface area contributed by atoms with E-state index in [4.69, 9.17) is 4.74 Å². The van der Waals surface area contributed by atoms with Crippen LogP contribution in [0.2, 0.25) is 0 Å². The molecule has 0 spiro atoms. The van der Waals surface area contributed by atoms with Gasteiger partial charge in [0.15, 0.2) is 5.78 Å². The summed E-state index contributed by atoms with van der Waals surface area (Å²) in [5.74, 6) is -0.417. The maximum Gasteiger partial charge on any atom is 0.355 e. The molecule has 0 unspecified atom stereocenters. The van der Waals surface area contributed by atoms with Crippen molar-refractivity contribution >= 4 is 17.7 Å². The van der Waals surface area contributed by atoms with Crippen LogP contribution in [0.5, 0.6) is 0 Å². The third-order valence-corrected chi connectivity index (χ3v) is 5.70. The third kappa shape index (κ3) is 5.49. The number of hydrogen-bond acceptors (Lipinski definition) is 4. The first-order valence-corrected chi connectivity index (χ1v) is 11.1. The Hall–Kier alpha value is -2.11. The number of carbonyl (C=O) groups excluding carboxylic acids is 3. The number of ether oxygens (including phenoxy) is 1. The molecular weight excluding hydrogens is 368 g/mol. The zero-order valence-electron chi connectivity index (χ0n) is 18.7. The molecule has 1 aromatic heterocycles. The summed E-state index contributed by atoms with van der Waals surface area (Å²) in [6.07, 6.45) is 6.64. The summed E-state index contributed by atoms with van der Waals surface area (Å²) in [4.78, 5) is 40.2. The van der Waals surface area contributed by atoms with E-state index in [0.717, 1.165) is 44.2 Å². The average Bonchev–Trinajstić information content (AvgIpc) is 3.48. The molecule has 1 fully saturated rings. The Balaban J connectivity index is 2.20. The van der Waals surface area contributed by atoms with E-state index in [1.54, 1.807) is 18.7 Å². The molecule has 0 aromatic carbocycles. The van der Waals surface area contributed by atoms with Crippen LogP contribution in [0.25, 0.3) is 0 Å². The van der Waals surface area contributed by atoms with Gasteiger partial charge in [0.05, 0.1) is 13.2 Å². The number of esters is 1. The van der Waals surface area contributed by atoms with Crippen molar-refractivity contribution in [1.29, 1.82) is 0 Å². The maximum absolute atomic E-state index is 13.2. The molecule has 6 nitrogen and oxygen atoms in total.